The molecule has 5 aromatic rings. The first kappa shape index (κ1) is 27.5. The average molecular weight is 568 g/mol. The molecule has 1 aliphatic rings. The van der Waals surface area contributed by atoms with Crippen LogP contribution in [0.15, 0.2) is 60.9 Å². The molecule has 0 aliphatic carbocycles. The summed E-state index contributed by atoms with van der Waals surface area (Å²) in [5.41, 5.74) is 3.97. The van der Waals surface area contributed by atoms with Gasteiger partial charge in [-0.1, -0.05) is 12.1 Å². The van der Waals surface area contributed by atoms with Gasteiger partial charge < -0.3 is 19.2 Å². The zero-order valence-electron chi connectivity index (χ0n) is 23.7. The van der Waals surface area contributed by atoms with Crippen molar-refractivity contribution in [1.29, 1.82) is 5.26 Å². The lowest BCUT2D eigenvalue weighted by Crippen LogP contribution is -2.41. The van der Waals surface area contributed by atoms with Crippen molar-refractivity contribution in [3.05, 3.63) is 89.4 Å². The van der Waals surface area contributed by atoms with Crippen LogP contribution in [0.2, 0.25) is 0 Å². The van der Waals surface area contributed by atoms with Crippen molar-refractivity contribution < 1.29 is 18.3 Å². The van der Waals surface area contributed by atoms with Crippen LogP contribution < -0.4 is 0 Å². The molecule has 0 atom stereocenters. The van der Waals surface area contributed by atoms with E-state index in [9.17, 15) is 14.4 Å². The maximum absolute atomic E-state index is 15.7. The van der Waals surface area contributed by atoms with Crippen molar-refractivity contribution in [3.63, 3.8) is 0 Å². The lowest BCUT2D eigenvalue weighted by Gasteiger charge is -2.33. The van der Waals surface area contributed by atoms with Gasteiger partial charge in [-0.15, -0.1) is 0 Å². The Bertz CT molecular complexity index is 1850. The summed E-state index contributed by atoms with van der Waals surface area (Å²) in [4.78, 5) is 22.2. The fourth-order valence-corrected chi connectivity index (χ4v) is 5.77. The second kappa shape index (κ2) is 10.6. The molecular formula is C33H31F2N5O2. The Kier molecular flexibility index (Phi) is 6.93. The van der Waals surface area contributed by atoms with Gasteiger partial charge in [0.15, 0.2) is 0 Å². The van der Waals surface area contributed by atoms with Crippen LogP contribution in [0.4, 0.5) is 13.6 Å². The number of pyridine rings is 1. The molecular weight excluding hydrogens is 536 g/mol. The van der Waals surface area contributed by atoms with Gasteiger partial charge in [-0.3, -0.25) is 0 Å². The van der Waals surface area contributed by atoms with E-state index in [0.29, 0.717) is 52.9 Å². The molecule has 7 nitrogen and oxygen atoms in total. The molecule has 1 fully saturated rings. The number of H-pyrrole nitrogens is 1. The van der Waals surface area contributed by atoms with Crippen LogP contribution in [0.25, 0.3) is 33.1 Å². The van der Waals surface area contributed by atoms with E-state index in [1.54, 1.807) is 35.5 Å². The monoisotopic (exact) mass is 567 g/mol. The van der Waals surface area contributed by atoms with Gasteiger partial charge in [-0.2, -0.15) is 5.26 Å². The number of amides is 1. The molecule has 6 rings (SSSR count). The maximum Gasteiger partial charge on any atom is 0.410 e. The van der Waals surface area contributed by atoms with Gasteiger partial charge >= 0.3 is 6.09 Å². The Morgan fingerprint density at radius 2 is 1.88 bits per heavy atom. The van der Waals surface area contributed by atoms with Crippen LogP contribution in [0.5, 0.6) is 0 Å². The number of ether oxygens (including phenoxy) is 1. The summed E-state index contributed by atoms with van der Waals surface area (Å²) in [6.45, 7) is 7.09. The van der Waals surface area contributed by atoms with E-state index < -0.39 is 11.4 Å². The number of piperidine rings is 1. The minimum absolute atomic E-state index is 0.194. The number of likely N-dealkylation sites (tertiary alicyclic amines) is 1. The quantitative estimate of drug-likeness (QED) is 0.244. The number of hydrogen-bond acceptors (Lipinski definition) is 4. The highest BCUT2D eigenvalue weighted by atomic mass is 19.1. The Morgan fingerprint density at radius 3 is 2.60 bits per heavy atom. The molecule has 2 aromatic carbocycles. The normalized spacial score (nSPS) is 14.4. The summed E-state index contributed by atoms with van der Waals surface area (Å²) in [5.74, 6) is -0.586. The molecule has 1 aliphatic heterocycles. The standard InChI is InChI=1S/C33H31F2N5O2/c1-33(2,3)42-32(41)39-11-8-21(9-12-39)29-15-27-24(7-10-37-31(27)38-29)26-16-30-25(14-28(26)35)22(17-36)19-40(30)18-20-5-4-6-23(34)13-20/h4-7,10,13-16,19,21H,8-9,11-12,18H2,1-3H3,(H,37,38). The summed E-state index contributed by atoms with van der Waals surface area (Å²) < 4.78 is 36.9. The lowest BCUT2D eigenvalue weighted by molar-refractivity contribution is 0.0204. The third-order valence-corrected chi connectivity index (χ3v) is 7.76. The van der Waals surface area contributed by atoms with Gasteiger partial charge in [0, 0.05) is 60.0 Å². The predicted molar refractivity (Wildman–Crippen MR) is 157 cm³/mol. The van der Waals surface area contributed by atoms with Crippen molar-refractivity contribution in [2.45, 2.75) is 51.7 Å². The number of carbonyl (C=O) groups excluding carboxylic acids is 1. The van der Waals surface area contributed by atoms with Crippen LogP contribution in [0.1, 0.15) is 56.4 Å². The fraction of sp³-hybridized carbons (Fsp3) is 0.303. The summed E-state index contributed by atoms with van der Waals surface area (Å²) in [7, 11) is 0. The molecule has 42 heavy (non-hydrogen) atoms. The highest BCUT2D eigenvalue weighted by Gasteiger charge is 2.28. The number of nitrogens with zero attached hydrogens (tertiary/aromatic N) is 4. The average Bonchev–Trinajstić information content (AvgIpc) is 3.53. The number of nitrogens with one attached hydrogen (secondary N) is 1. The lowest BCUT2D eigenvalue weighted by atomic mass is 9.93. The molecule has 1 N–H and O–H groups in total. The zero-order valence-corrected chi connectivity index (χ0v) is 23.7. The SMILES string of the molecule is CC(C)(C)OC(=O)N1CCC(c2cc3c(-c4cc5c(cc4F)c(C#N)cn5Cc4cccc(F)c4)ccnc3[nH]2)CC1. The minimum Gasteiger partial charge on any atom is -0.444 e. The molecule has 0 radical (unpaired) electrons. The molecule has 0 spiro atoms. The van der Waals surface area contributed by atoms with Gasteiger partial charge in [-0.05, 0) is 81.1 Å². The largest absolute Gasteiger partial charge is 0.444 e. The summed E-state index contributed by atoms with van der Waals surface area (Å²) in [6.07, 6.45) is 4.57. The topological polar surface area (TPSA) is 86.9 Å². The highest BCUT2D eigenvalue weighted by Crippen LogP contribution is 2.37. The molecule has 1 amide bonds. The summed E-state index contributed by atoms with van der Waals surface area (Å²) in [5, 5.41) is 11.0. The van der Waals surface area contributed by atoms with Crippen LogP contribution in [-0.4, -0.2) is 44.2 Å². The number of fused-ring (bicyclic) bond motifs is 2. The van der Waals surface area contributed by atoms with E-state index in [1.807, 2.05) is 37.5 Å². The molecule has 0 unspecified atom stereocenters. The number of carbonyl (C=O) groups is 1. The Balaban J connectivity index is 1.33. The van der Waals surface area contributed by atoms with Gasteiger partial charge in [0.25, 0.3) is 0 Å². The van der Waals surface area contributed by atoms with E-state index in [2.05, 4.69) is 16.0 Å². The van der Waals surface area contributed by atoms with Crippen LogP contribution in [-0.2, 0) is 11.3 Å². The van der Waals surface area contributed by atoms with Crippen molar-refractivity contribution >= 4 is 28.0 Å². The number of rotatable bonds is 4. The molecule has 4 heterocycles. The number of aromatic nitrogens is 3. The first-order valence-corrected chi connectivity index (χ1v) is 14.0. The van der Waals surface area contributed by atoms with Crippen molar-refractivity contribution in [1.82, 2.24) is 19.4 Å². The molecule has 1 saturated heterocycles. The summed E-state index contributed by atoms with van der Waals surface area (Å²) in [6, 6.07) is 15.4. The van der Waals surface area contributed by atoms with Crippen LogP contribution in [0.3, 0.4) is 0 Å². The van der Waals surface area contributed by atoms with E-state index in [4.69, 9.17) is 4.74 Å². The van der Waals surface area contributed by atoms with Crippen molar-refractivity contribution in [2.24, 2.45) is 0 Å². The van der Waals surface area contributed by atoms with E-state index in [-0.39, 0.29) is 17.8 Å². The first-order chi connectivity index (χ1) is 20.1. The Morgan fingerprint density at radius 1 is 1.10 bits per heavy atom. The number of halogens is 2. The second-order valence-corrected chi connectivity index (χ2v) is 11.8. The van der Waals surface area contributed by atoms with Gasteiger partial charge in [0.05, 0.1) is 11.1 Å². The van der Waals surface area contributed by atoms with E-state index in [1.165, 1.54) is 18.2 Å². The first-order valence-electron chi connectivity index (χ1n) is 14.0. The third-order valence-electron chi connectivity index (χ3n) is 7.76. The zero-order chi connectivity index (χ0) is 29.6. The van der Waals surface area contributed by atoms with Gasteiger partial charge in [-0.25, -0.2) is 18.6 Å². The maximum atomic E-state index is 15.7. The molecule has 0 bridgehead atoms. The number of nitriles is 1. The fourth-order valence-electron chi connectivity index (χ4n) is 5.77. The molecule has 0 saturated carbocycles. The molecule has 9 heteroatoms. The predicted octanol–water partition coefficient (Wildman–Crippen LogP) is 7.50. The summed E-state index contributed by atoms with van der Waals surface area (Å²) >= 11 is 0. The van der Waals surface area contributed by atoms with E-state index >= 15 is 4.39 Å². The van der Waals surface area contributed by atoms with Crippen LogP contribution in [0, 0.1) is 23.0 Å². The molecule has 3 aromatic heterocycles. The number of benzene rings is 2. The Hall–Kier alpha value is -4.71. The van der Waals surface area contributed by atoms with E-state index in [0.717, 1.165) is 29.5 Å². The van der Waals surface area contributed by atoms with Crippen LogP contribution >= 0.6 is 0 Å². The molecule has 214 valence electrons. The second-order valence-electron chi connectivity index (χ2n) is 11.8. The van der Waals surface area contributed by atoms with Crippen molar-refractivity contribution in [3.8, 4) is 17.2 Å². The van der Waals surface area contributed by atoms with Gasteiger partial charge in [0.2, 0.25) is 0 Å². The minimum atomic E-state index is -0.539. The smallest absolute Gasteiger partial charge is 0.410 e. The number of aromatic amines is 1. The third kappa shape index (κ3) is 5.32. The van der Waals surface area contributed by atoms with Crippen molar-refractivity contribution in [2.75, 3.05) is 13.1 Å². The number of hydrogen-bond donors (Lipinski definition) is 1. The Labute approximate surface area is 242 Å². The van der Waals surface area contributed by atoms with Gasteiger partial charge in [0.1, 0.15) is 29.0 Å². The highest BCUT2D eigenvalue weighted by molar-refractivity contribution is 5.97.